The van der Waals surface area contributed by atoms with Gasteiger partial charge in [0.25, 0.3) is 0 Å². The Kier molecular flexibility index (Phi) is 3.21. The van der Waals surface area contributed by atoms with Gasteiger partial charge in [-0.1, -0.05) is 12.1 Å². The van der Waals surface area contributed by atoms with Crippen LogP contribution in [0.2, 0.25) is 0 Å². The van der Waals surface area contributed by atoms with E-state index in [1.165, 1.54) is 11.1 Å². The van der Waals surface area contributed by atoms with Crippen LogP contribution in [0.4, 0.5) is 5.69 Å². The first-order valence-electron chi connectivity index (χ1n) is 6.82. The van der Waals surface area contributed by atoms with Gasteiger partial charge in [0.15, 0.2) is 0 Å². The zero-order valence-corrected chi connectivity index (χ0v) is 12.8. The van der Waals surface area contributed by atoms with Crippen molar-refractivity contribution in [3.63, 3.8) is 0 Å². The average Bonchev–Trinajstić information content (AvgIpc) is 2.26. The number of carbonyl (C=O) groups is 1. The van der Waals surface area contributed by atoms with Crippen molar-refractivity contribution >= 4 is 11.6 Å². The molecule has 0 atom stereocenters. The average molecular weight is 260 g/mol. The second kappa shape index (κ2) is 4.34. The maximum absolute atomic E-state index is 12.7. The Morgan fingerprint density at radius 3 is 2.42 bits per heavy atom. The molecule has 1 aliphatic heterocycles. The number of aryl methyl sites for hydroxylation is 1. The molecule has 1 saturated heterocycles. The smallest absolute Gasteiger partial charge is 0.246 e. The van der Waals surface area contributed by atoms with E-state index in [1.807, 2.05) is 30.9 Å². The molecule has 0 bridgehead atoms. The highest BCUT2D eigenvalue weighted by Gasteiger charge is 2.44. The molecule has 19 heavy (non-hydrogen) atoms. The molecular weight excluding hydrogens is 236 g/mol. The highest BCUT2D eigenvalue weighted by atomic mass is 16.2. The zero-order valence-electron chi connectivity index (χ0n) is 12.8. The molecule has 3 nitrogen and oxygen atoms in total. The molecule has 1 N–H and O–H groups in total. The molecule has 1 amide bonds. The number of nitrogens with one attached hydrogen (secondary N) is 1. The molecule has 2 rings (SSSR count). The molecule has 1 aromatic rings. The Morgan fingerprint density at radius 1 is 1.16 bits per heavy atom. The molecule has 1 aliphatic rings. The molecule has 1 heterocycles. The normalized spacial score (nSPS) is 21.6. The largest absolute Gasteiger partial charge is 0.309 e. The van der Waals surface area contributed by atoms with E-state index in [0.717, 1.165) is 5.69 Å². The van der Waals surface area contributed by atoms with Crippen LogP contribution in [0, 0.1) is 13.8 Å². The highest BCUT2D eigenvalue weighted by molar-refractivity contribution is 6.01. The quantitative estimate of drug-likeness (QED) is 0.842. The van der Waals surface area contributed by atoms with Gasteiger partial charge in [-0.05, 0) is 58.7 Å². The Morgan fingerprint density at radius 2 is 1.79 bits per heavy atom. The van der Waals surface area contributed by atoms with Crippen molar-refractivity contribution in [2.75, 3.05) is 11.4 Å². The van der Waals surface area contributed by atoms with Crippen molar-refractivity contribution in [3.05, 3.63) is 29.3 Å². The van der Waals surface area contributed by atoms with Gasteiger partial charge in [0.1, 0.15) is 0 Å². The predicted octanol–water partition coefficient (Wildman–Crippen LogP) is 2.80. The van der Waals surface area contributed by atoms with E-state index in [0.29, 0.717) is 6.54 Å². The molecule has 104 valence electrons. The maximum atomic E-state index is 12.7. The summed E-state index contributed by atoms with van der Waals surface area (Å²) >= 11 is 0. The lowest BCUT2D eigenvalue weighted by molar-refractivity contribution is -0.126. The number of benzene rings is 1. The van der Waals surface area contributed by atoms with Crippen LogP contribution in [0.1, 0.15) is 38.8 Å². The molecular formula is C16H24N2O. The predicted molar refractivity (Wildman–Crippen MR) is 79.6 cm³/mol. The van der Waals surface area contributed by atoms with Crippen LogP contribution in [-0.4, -0.2) is 23.5 Å². The first-order chi connectivity index (χ1) is 8.64. The minimum absolute atomic E-state index is 0.0897. The third-order valence-corrected chi connectivity index (χ3v) is 3.85. The summed E-state index contributed by atoms with van der Waals surface area (Å²) in [6.45, 7) is 13.0. The fourth-order valence-corrected chi connectivity index (χ4v) is 2.97. The summed E-state index contributed by atoms with van der Waals surface area (Å²) in [5.41, 5.74) is 2.82. The van der Waals surface area contributed by atoms with E-state index >= 15 is 0 Å². The summed E-state index contributed by atoms with van der Waals surface area (Å²) < 4.78 is 0. The summed E-state index contributed by atoms with van der Waals surface area (Å²) in [6, 6.07) is 6.15. The first-order valence-corrected chi connectivity index (χ1v) is 6.82. The Bertz CT molecular complexity index is 517. The van der Waals surface area contributed by atoms with Gasteiger partial charge in [-0.3, -0.25) is 10.1 Å². The molecule has 0 aliphatic carbocycles. The van der Waals surface area contributed by atoms with Crippen molar-refractivity contribution in [1.82, 2.24) is 5.32 Å². The van der Waals surface area contributed by atoms with Crippen molar-refractivity contribution in [1.29, 1.82) is 0 Å². The number of anilines is 1. The first kappa shape index (κ1) is 14.1. The number of piperazine rings is 1. The van der Waals surface area contributed by atoms with Gasteiger partial charge >= 0.3 is 0 Å². The number of carbonyl (C=O) groups excluding carboxylic acids is 1. The topological polar surface area (TPSA) is 32.3 Å². The van der Waals surface area contributed by atoms with Crippen molar-refractivity contribution in [2.45, 2.75) is 52.6 Å². The maximum Gasteiger partial charge on any atom is 0.246 e. The summed E-state index contributed by atoms with van der Waals surface area (Å²) in [6.07, 6.45) is 0. The summed E-state index contributed by atoms with van der Waals surface area (Å²) in [7, 11) is 0. The minimum atomic E-state index is -0.530. The SMILES string of the molecule is Cc1cccc(N2CC(C)(C)NC(C)(C)C2=O)c1C. The third-order valence-electron chi connectivity index (χ3n) is 3.85. The molecule has 0 radical (unpaired) electrons. The van der Waals surface area contributed by atoms with Gasteiger partial charge in [-0.15, -0.1) is 0 Å². The number of amides is 1. The van der Waals surface area contributed by atoms with Gasteiger partial charge in [0.2, 0.25) is 5.91 Å². The van der Waals surface area contributed by atoms with E-state index in [-0.39, 0.29) is 11.4 Å². The summed E-state index contributed by atoms with van der Waals surface area (Å²) in [5, 5.41) is 3.42. The molecule has 0 unspecified atom stereocenters. The van der Waals surface area contributed by atoms with Gasteiger partial charge in [0, 0.05) is 17.8 Å². The number of hydrogen-bond donors (Lipinski definition) is 1. The lowest BCUT2D eigenvalue weighted by Gasteiger charge is -2.47. The molecule has 0 saturated carbocycles. The van der Waals surface area contributed by atoms with Gasteiger partial charge < -0.3 is 4.90 Å². The van der Waals surface area contributed by atoms with Crippen LogP contribution in [0.3, 0.4) is 0 Å². The molecule has 1 aromatic carbocycles. The van der Waals surface area contributed by atoms with Crippen LogP contribution in [-0.2, 0) is 4.79 Å². The lowest BCUT2D eigenvalue weighted by atomic mass is 9.89. The van der Waals surface area contributed by atoms with E-state index in [4.69, 9.17) is 0 Å². The Balaban J connectivity index is 2.48. The lowest BCUT2D eigenvalue weighted by Crippen LogP contribution is -2.70. The second-order valence-electron chi connectivity index (χ2n) is 6.74. The Hall–Kier alpha value is -1.35. The van der Waals surface area contributed by atoms with Crippen molar-refractivity contribution < 1.29 is 4.79 Å². The summed E-state index contributed by atoms with van der Waals surface area (Å²) in [4.78, 5) is 14.6. The van der Waals surface area contributed by atoms with E-state index in [1.54, 1.807) is 0 Å². The second-order valence-corrected chi connectivity index (χ2v) is 6.74. The van der Waals surface area contributed by atoms with Crippen LogP contribution >= 0.6 is 0 Å². The number of rotatable bonds is 1. The molecule has 0 spiro atoms. The third kappa shape index (κ3) is 2.52. The highest BCUT2D eigenvalue weighted by Crippen LogP contribution is 2.30. The van der Waals surface area contributed by atoms with Crippen LogP contribution in [0.5, 0.6) is 0 Å². The van der Waals surface area contributed by atoms with Crippen molar-refractivity contribution in [3.8, 4) is 0 Å². The van der Waals surface area contributed by atoms with E-state index in [2.05, 4.69) is 39.1 Å². The minimum Gasteiger partial charge on any atom is -0.309 e. The number of nitrogens with zero attached hydrogens (tertiary/aromatic N) is 1. The van der Waals surface area contributed by atoms with Crippen molar-refractivity contribution in [2.24, 2.45) is 0 Å². The van der Waals surface area contributed by atoms with Gasteiger partial charge in [-0.25, -0.2) is 0 Å². The molecule has 3 heteroatoms. The molecule has 0 aromatic heterocycles. The van der Waals surface area contributed by atoms with E-state index in [9.17, 15) is 4.79 Å². The van der Waals surface area contributed by atoms with Crippen LogP contribution in [0.25, 0.3) is 0 Å². The number of hydrogen-bond acceptors (Lipinski definition) is 2. The fraction of sp³-hybridized carbons (Fsp3) is 0.562. The zero-order chi connectivity index (χ0) is 14.4. The van der Waals surface area contributed by atoms with Crippen LogP contribution < -0.4 is 10.2 Å². The Labute approximate surface area is 116 Å². The monoisotopic (exact) mass is 260 g/mol. The van der Waals surface area contributed by atoms with Crippen LogP contribution in [0.15, 0.2) is 18.2 Å². The summed E-state index contributed by atoms with van der Waals surface area (Å²) in [5.74, 6) is 0.139. The van der Waals surface area contributed by atoms with Gasteiger partial charge in [0.05, 0.1) is 5.54 Å². The fourth-order valence-electron chi connectivity index (χ4n) is 2.97. The van der Waals surface area contributed by atoms with E-state index < -0.39 is 5.54 Å². The van der Waals surface area contributed by atoms with Gasteiger partial charge in [-0.2, -0.15) is 0 Å². The molecule has 1 fully saturated rings. The standard InChI is InChI=1S/C16H24N2O/c1-11-8-7-9-13(12(11)2)18-10-15(3,4)17-16(5,6)14(18)19/h7-9,17H,10H2,1-6H3.